The maximum absolute atomic E-state index is 14.6. The number of hydrogen-bond donors (Lipinski definition) is 0. The molecule has 0 radical (unpaired) electrons. The molecule has 1 aliphatic heterocycles. The van der Waals surface area contributed by atoms with Crippen molar-refractivity contribution in [2.45, 2.75) is 77.9 Å². The number of carbonyl (C=O) groups excluding carboxylic acids is 1. The Morgan fingerprint density at radius 3 is 2.68 bits per heavy atom. The summed E-state index contributed by atoms with van der Waals surface area (Å²) in [6, 6.07) is 4.13. The first-order valence-electron chi connectivity index (χ1n) is 9.56. The molecule has 25 heavy (non-hydrogen) atoms. The molecule has 1 aromatic carbocycles. The summed E-state index contributed by atoms with van der Waals surface area (Å²) in [7, 11) is 1.34. The largest absolute Gasteiger partial charge is 0.465 e. The number of ether oxygens (including phenoxy) is 1. The van der Waals surface area contributed by atoms with Crippen molar-refractivity contribution >= 4 is 5.97 Å². The monoisotopic (exact) mass is 347 g/mol. The summed E-state index contributed by atoms with van der Waals surface area (Å²) in [6.07, 6.45) is 6.74. The Hall–Kier alpha value is -1.42. The molecule has 0 bridgehead atoms. The minimum absolute atomic E-state index is 0.263. The summed E-state index contributed by atoms with van der Waals surface area (Å²) in [6.45, 7) is 7.57. The number of benzene rings is 1. The van der Waals surface area contributed by atoms with E-state index in [0.29, 0.717) is 23.1 Å². The van der Waals surface area contributed by atoms with Crippen LogP contribution in [0.5, 0.6) is 0 Å². The van der Waals surface area contributed by atoms with E-state index < -0.39 is 5.97 Å². The van der Waals surface area contributed by atoms with Gasteiger partial charge in [-0.05, 0) is 60.8 Å². The molecule has 4 heteroatoms. The third-order valence-electron chi connectivity index (χ3n) is 6.22. The third-order valence-corrected chi connectivity index (χ3v) is 6.22. The van der Waals surface area contributed by atoms with E-state index in [1.807, 2.05) is 6.07 Å². The first kappa shape index (κ1) is 18.4. The maximum Gasteiger partial charge on any atom is 0.337 e. The summed E-state index contributed by atoms with van der Waals surface area (Å²) in [5, 5.41) is 0. The van der Waals surface area contributed by atoms with Gasteiger partial charge in [-0.25, -0.2) is 9.18 Å². The van der Waals surface area contributed by atoms with Crippen molar-refractivity contribution in [3.05, 3.63) is 34.6 Å². The van der Waals surface area contributed by atoms with Gasteiger partial charge in [0, 0.05) is 18.6 Å². The lowest BCUT2D eigenvalue weighted by Gasteiger charge is -2.54. The molecule has 1 fully saturated rings. The molecule has 2 aliphatic rings. The molecule has 0 saturated heterocycles. The van der Waals surface area contributed by atoms with Crippen LogP contribution in [0.3, 0.4) is 0 Å². The zero-order valence-corrected chi connectivity index (χ0v) is 15.9. The highest BCUT2D eigenvalue weighted by atomic mass is 19.1. The molecule has 3 nitrogen and oxygen atoms in total. The van der Waals surface area contributed by atoms with E-state index in [9.17, 15) is 9.18 Å². The smallest absolute Gasteiger partial charge is 0.337 e. The summed E-state index contributed by atoms with van der Waals surface area (Å²) in [5.74, 6) is -0.731. The topological polar surface area (TPSA) is 29.5 Å². The summed E-state index contributed by atoms with van der Waals surface area (Å²) >= 11 is 0. The van der Waals surface area contributed by atoms with Crippen LogP contribution < -0.4 is 0 Å². The first-order valence-corrected chi connectivity index (χ1v) is 9.56. The number of halogens is 1. The predicted molar refractivity (Wildman–Crippen MR) is 97.1 cm³/mol. The van der Waals surface area contributed by atoms with E-state index in [1.54, 1.807) is 0 Å². The van der Waals surface area contributed by atoms with Gasteiger partial charge < -0.3 is 4.74 Å². The van der Waals surface area contributed by atoms with Gasteiger partial charge in [0.2, 0.25) is 0 Å². The molecule has 0 spiro atoms. The van der Waals surface area contributed by atoms with E-state index in [0.717, 1.165) is 30.5 Å². The van der Waals surface area contributed by atoms with Crippen molar-refractivity contribution in [3.63, 3.8) is 0 Å². The predicted octanol–water partition coefficient (Wildman–Crippen LogP) is 4.72. The molecule has 1 unspecified atom stereocenters. The van der Waals surface area contributed by atoms with Crippen LogP contribution >= 0.6 is 0 Å². The summed E-state index contributed by atoms with van der Waals surface area (Å²) in [5.41, 5.74) is 2.52. The third kappa shape index (κ3) is 3.46. The lowest BCUT2D eigenvalue weighted by molar-refractivity contribution is -0.0268. The van der Waals surface area contributed by atoms with E-state index >= 15 is 0 Å². The standard InChI is InChI=1S/C21H30FNO2/c1-5-7-21(3)11-17(12-21)23-13-15-8-14(20(24)25-4)9-19(22)18(15)10-16(23)6-2/h8-9,16-17H,5-7,10-13H2,1-4H3. The van der Waals surface area contributed by atoms with E-state index in [-0.39, 0.29) is 5.82 Å². The fraction of sp³-hybridized carbons (Fsp3) is 0.667. The molecule has 1 saturated carbocycles. The summed E-state index contributed by atoms with van der Waals surface area (Å²) in [4.78, 5) is 14.4. The van der Waals surface area contributed by atoms with Crippen LogP contribution in [-0.2, 0) is 17.7 Å². The molecule has 138 valence electrons. The first-order chi connectivity index (χ1) is 11.9. The molecule has 1 aromatic rings. The van der Waals surface area contributed by atoms with Gasteiger partial charge in [0.15, 0.2) is 0 Å². The molecular formula is C21H30FNO2. The van der Waals surface area contributed by atoms with E-state index in [4.69, 9.17) is 4.74 Å². The highest BCUT2D eigenvalue weighted by Gasteiger charge is 2.45. The second kappa shape index (κ2) is 7.06. The average Bonchev–Trinajstić information content (AvgIpc) is 2.57. The van der Waals surface area contributed by atoms with E-state index in [2.05, 4.69) is 25.7 Å². The lowest BCUT2D eigenvalue weighted by atomic mass is 9.63. The fourth-order valence-corrected chi connectivity index (χ4v) is 4.90. The number of hydrogen-bond acceptors (Lipinski definition) is 3. The van der Waals surface area contributed by atoms with Crippen molar-refractivity contribution < 1.29 is 13.9 Å². The molecule has 1 atom stereocenters. The van der Waals surface area contributed by atoms with Crippen LogP contribution in [0.1, 0.15) is 74.4 Å². The Balaban J connectivity index is 1.83. The van der Waals surface area contributed by atoms with Crippen LogP contribution in [0.4, 0.5) is 4.39 Å². The minimum Gasteiger partial charge on any atom is -0.465 e. The zero-order chi connectivity index (χ0) is 18.2. The molecule has 1 aliphatic carbocycles. The molecule has 0 amide bonds. The van der Waals surface area contributed by atoms with Crippen LogP contribution in [0.25, 0.3) is 0 Å². The molecule has 1 heterocycles. The number of carbonyl (C=O) groups is 1. The van der Waals surface area contributed by atoms with Gasteiger partial charge in [0.1, 0.15) is 5.82 Å². The van der Waals surface area contributed by atoms with Crippen LogP contribution in [0.15, 0.2) is 12.1 Å². The van der Waals surface area contributed by atoms with Gasteiger partial charge in [-0.1, -0.05) is 27.2 Å². The van der Waals surface area contributed by atoms with Crippen LogP contribution in [-0.4, -0.2) is 30.1 Å². The highest BCUT2D eigenvalue weighted by Crippen LogP contribution is 2.48. The highest BCUT2D eigenvalue weighted by molar-refractivity contribution is 5.89. The Bertz CT molecular complexity index is 652. The quantitative estimate of drug-likeness (QED) is 0.722. The molecule has 0 N–H and O–H groups in total. The Morgan fingerprint density at radius 2 is 2.08 bits per heavy atom. The Morgan fingerprint density at radius 1 is 1.36 bits per heavy atom. The number of nitrogens with zero attached hydrogens (tertiary/aromatic N) is 1. The Kier molecular flexibility index (Phi) is 5.19. The van der Waals surface area contributed by atoms with Crippen LogP contribution in [0.2, 0.25) is 0 Å². The number of fused-ring (bicyclic) bond motifs is 1. The fourth-order valence-electron chi connectivity index (χ4n) is 4.90. The van der Waals surface area contributed by atoms with Crippen molar-refractivity contribution in [3.8, 4) is 0 Å². The van der Waals surface area contributed by atoms with Gasteiger partial charge in [0.25, 0.3) is 0 Å². The number of methoxy groups -OCH3 is 1. The number of esters is 1. The van der Waals surface area contributed by atoms with Gasteiger partial charge in [-0.3, -0.25) is 4.90 Å². The van der Waals surface area contributed by atoms with Crippen LogP contribution in [0, 0.1) is 11.2 Å². The zero-order valence-electron chi connectivity index (χ0n) is 15.9. The van der Waals surface area contributed by atoms with Gasteiger partial charge in [0.05, 0.1) is 12.7 Å². The molecule has 0 aromatic heterocycles. The maximum atomic E-state index is 14.6. The van der Waals surface area contributed by atoms with Crippen molar-refractivity contribution in [1.29, 1.82) is 0 Å². The second-order valence-corrected chi connectivity index (χ2v) is 8.15. The van der Waals surface area contributed by atoms with Crippen molar-refractivity contribution in [2.24, 2.45) is 5.41 Å². The molecule has 3 rings (SSSR count). The summed E-state index contributed by atoms with van der Waals surface area (Å²) < 4.78 is 19.3. The SMILES string of the molecule is CCCC1(C)CC(N2Cc3cc(C(=O)OC)cc(F)c3CC2CC)C1. The molecular weight excluding hydrogens is 317 g/mol. The van der Waals surface area contributed by atoms with Gasteiger partial charge in [-0.15, -0.1) is 0 Å². The van der Waals surface area contributed by atoms with Gasteiger partial charge >= 0.3 is 5.97 Å². The number of rotatable bonds is 5. The second-order valence-electron chi connectivity index (χ2n) is 8.15. The normalized spacial score (nSPS) is 29.0. The average molecular weight is 347 g/mol. The minimum atomic E-state index is -0.468. The van der Waals surface area contributed by atoms with Crippen molar-refractivity contribution in [2.75, 3.05) is 7.11 Å². The lowest BCUT2D eigenvalue weighted by Crippen LogP contribution is -2.55. The van der Waals surface area contributed by atoms with E-state index in [1.165, 1.54) is 38.9 Å². The van der Waals surface area contributed by atoms with Crippen molar-refractivity contribution in [1.82, 2.24) is 4.90 Å². The Labute approximate surface area is 150 Å². The van der Waals surface area contributed by atoms with Gasteiger partial charge in [-0.2, -0.15) is 0 Å².